The molecule has 0 atom stereocenters. The number of nitrogens with zero attached hydrogens (tertiary/aromatic N) is 1. The molecule has 1 aromatic heterocycles. The normalized spacial score (nSPS) is 10.2. The van der Waals surface area contributed by atoms with E-state index in [1.807, 2.05) is 0 Å². The number of hydrogen-bond acceptors (Lipinski definition) is 2. The van der Waals surface area contributed by atoms with E-state index in [1.165, 1.54) is 0 Å². The first-order valence-electron chi connectivity index (χ1n) is 2.59. The zero-order chi connectivity index (χ0) is 6.10. The fourth-order valence-electron chi connectivity index (χ4n) is 0.701. The molecule has 2 rings (SSSR count). The number of fused-ring (bicyclic) bond motifs is 1. The van der Waals surface area contributed by atoms with Crippen LogP contribution in [0.2, 0.25) is 0 Å². The van der Waals surface area contributed by atoms with Crippen molar-refractivity contribution in [3.05, 3.63) is 30.5 Å². The molecule has 2 aromatic rings. The molecule has 0 saturated carbocycles. The Morgan fingerprint density at radius 2 is 2.22 bits per heavy atom. The van der Waals surface area contributed by atoms with Gasteiger partial charge in [0.15, 0.2) is 5.58 Å². The van der Waals surface area contributed by atoms with Crippen molar-refractivity contribution in [3.63, 3.8) is 0 Å². The first-order valence-corrected chi connectivity index (χ1v) is 2.59. The second kappa shape index (κ2) is 1.58. The molecule has 0 aliphatic heterocycles. The van der Waals surface area contributed by atoms with Crippen LogP contribution in [0.1, 0.15) is 0 Å². The van der Waals surface area contributed by atoms with E-state index >= 15 is 0 Å². The minimum atomic E-state index is 0.758. The van der Waals surface area contributed by atoms with Crippen LogP contribution < -0.4 is 0 Å². The van der Waals surface area contributed by atoms with Crippen molar-refractivity contribution in [1.29, 1.82) is 0 Å². The van der Waals surface area contributed by atoms with E-state index in [0.29, 0.717) is 0 Å². The van der Waals surface area contributed by atoms with Crippen molar-refractivity contribution in [2.45, 2.75) is 0 Å². The molecule has 0 saturated heterocycles. The molecular formula is C7H3NO. The zero-order valence-electron chi connectivity index (χ0n) is 4.59. The lowest BCUT2D eigenvalue weighted by atomic mass is 10.3. The molecule has 0 fully saturated rings. The molecule has 2 radical (unpaired) electrons. The topological polar surface area (TPSA) is 26.0 Å². The lowest BCUT2D eigenvalue weighted by molar-refractivity contribution is 0.456. The van der Waals surface area contributed by atoms with Gasteiger partial charge in [0, 0.05) is 5.39 Å². The van der Waals surface area contributed by atoms with Gasteiger partial charge in [-0.25, -0.2) is 0 Å². The summed E-state index contributed by atoms with van der Waals surface area (Å²) in [7, 11) is 0. The monoisotopic (exact) mass is 117 g/mol. The standard InChI is InChI=1S/C7H3NO/c1-2-4-7-6(3-1)5-8-9-7/h3-5H. The maximum atomic E-state index is 4.82. The Balaban J connectivity index is 2.95. The molecule has 2 heteroatoms. The van der Waals surface area contributed by atoms with Crippen molar-refractivity contribution in [1.82, 2.24) is 5.16 Å². The predicted molar refractivity (Wildman–Crippen MR) is 31.7 cm³/mol. The van der Waals surface area contributed by atoms with E-state index < -0.39 is 0 Å². The third-order valence-corrected chi connectivity index (χ3v) is 1.14. The number of rotatable bonds is 0. The van der Waals surface area contributed by atoms with Gasteiger partial charge in [0.2, 0.25) is 0 Å². The minimum Gasteiger partial charge on any atom is -0.356 e. The highest BCUT2D eigenvalue weighted by atomic mass is 16.5. The summed E-state index contributed by atoms with van der Waals surface area (Å²) in [5, 5.41) is 4.55. The second-order valence-corrected chi connectivity index (χ2v) is 1.72. The van der Waals surface area contributed by atoms with Crippen molar-refractivity contribution in [2.75, 3.05) is 0 Å². The van der Waals surface area contributed by atoms with E-state index in [0.717, 1.165) is 11.0 Å². The first kappa shape index (κ1) is 4.56. The average Bonchev–Trinajstić information content (AvgIpc) is 2.33. The van der Waals surface area contributed by atoms with Crippen molar-refractivity contribution >= 4 is 11.0 Å². The molecule has 1 aromatic carbocycles. The van der Waals surface area contributed by atoms with Crippen LogP contribution >= 0.6 is 0 Å². The lowest BCUT2D eigenvalue weighted by Gasteiger charge is -1.77. The molecule has 0 aliphatic rings. The summed E-state index contributed by atoms with van der Waals surface area (Å²) in [5.41, 5.74) is 0.758. The summed E-state index contributed by atoms with van der Waals surface area (Å²) in [6, 6.07) is 9.05. The van der Waals surface area contributed by atoms with Gasteiger partial charge in [0.05, 0.1) is 6.20 Å². The predicted octanol–water partition coefficient (Wildman–Crippen LogP) is 1.43. The molecule has 0 spiro atoms. The highest BCUT2D eigenvalue weighted by Crippen LogP contribution is 2.09. The summed E-state index contributed by atoms with van der Waals surface area (Å²) in [6.45, 7) is 0. The molecular weight excluding hydrogens is 114 g/mol. The highest BCUT2D eigenvalue weighted by molar-refractivity contribution is 5.74. The summed E-state index contributed by atoms with van der Waals surface area (Å²) >= 11 is 0. The van der Waals surface area contributed by atoms with Gasteiger partial charge in [-0.2, -0.15) is 0 Å². The molecule has 0 bridgehead atoms. The number of aromatic nitrogens is 1. The van der Waals surface area contributed by atoms with Gasteiger partial charge in [-0.3, -0.25) is 0 Å². The molecule has 0 amide bonds. The van der Waals surface area contributed by atoms with E-state index in [9.17, 15) is 0 Å². The van der Waals surface area contributed by atoms with Crippen LogP contribution in [-0.2, 0) is 0 Å². The quantitative estimate of drug-likeness (QED) is 0.521. The summed E-state index contributed by atoms with van der Waals surface area (Å²) in [6.07, 6.45) is 1.65. The fraction of sp³-hybridized carbons (Fsp3) is 0. The van der Waals surface area contributed by atoms with E-state index in [2.05, 4.69) is 17.3 Å². The van der Waals surface area contributed by atoms with Gasteiger partial charge in [-0.15, -0.1) is 0 Å². The number of benzene rings is 1. The third kappa shape index (κ3) is 0.598. The van der Waals surface area contributed by atoms with Gasteiger partial charge in [-0.05, 0) is 24.3 Å². The van der Waals surface area contributed by atoms with E-state index in [4.69, 9.17) is 4.52 Å². The van der Waals surface area contributed by atoms with Gasteiger partial charge < -0.3 is 4.52 Å². The van der Waals surface area contributed by atoms with Crippen LogP contribution in [0.15, 0.2) is 22.9 Å². The highest BCUT2D eigenvalue weighted by Gasteiger charge is 1.92. The molecule has 1 heterocycles. The summed E-state index contributed by atoms with van der Waals surface area (Å²) in [4.78, 5) is 0. The van der Waals surface area contributed by atoms with Crippen LogP contribution in [0.4, 0.5) is 0 Å². The Hall–Kier alpha value is -1.31. The molecule has 42 valence electrons. The van der Waals surface area contributed by atoms with Crippen LogP contribution in [0, 0.1) is 12.1 Å². The Morgan fingerprint density at radius 1 is 1.33 bits per heavy atom. The largest absolute Gasteiger partial charge is 0.356 e. The zero-order valence-corrected chi connectivity index (χ0v) is 4.59. The van der Waals surface area contributed by atoms with Crippen molar-refractivity contribution in [2.24, 2.45) is 0 Å². The molecule has 0 unspecified atom stereocenters. The van der Waals surface area contributed by atoms with Crippen LogP contribution in [0.3, 0.4) is 0 Å². The fourth-order valence-corrected chi connectivity index (χ4v) is 0.701. The second-order valence-electron chi connectivity index (χ2n) is 1.72. The first-order chi connectivity index (χ1) is 4.47. The Bertz CT molecular complexity index is 283. The van der Waals surface area contributed by atoms with Gasteiger partial charge in [0.25, 0.3) is 0 Å². The molecule has 9 heavy (non-hydrogen) atoms. The Morgan fingerprint density at radius 3 is 3.11 bits per heavy atom. The average molecular weight is 117 g/mol. The Labute approximate surface area is 52.1 Å². The van der Waals surface area contributed by atoms with Gasteiger partial charge in [0.1, 0.15) is 0 Å². The van der Waals surface area contributed by atoms with Crippen LogP contribution in [-0.4, -0.2) is 5.16 Å². The van der Waals surface area contributed by atoms with Gasteiger partial charge in [-0.1, -0.05) is 5.16 Å². The van der Waals surface area contributed by atoms with Crippen LogP contribution in [0.5, 0.6) is 0 Å². The maximum absolute atomic E-state index is 4.82. The summed E-state index contributed by atoms with van der Waals surface area (Å²) < 4.78 is 4.82. The smallest absolute Gasteiger partial charge is 0.167 e. The molecule has 0 aliphatic carbocycles. The summed E-state index contributed by atoms with van der Waals surface area (Å²) in [5.74, 6) is 0. The Kier molecular flexibility index (Phi) is 0.803. The molecule has 2 nitrogen and oxygen atoms in total. The minimum absolute atomic E-state index is 0.758. The van der Waals surface area contributed by atoms with E-state index in [1.54, 1.807) is 18.3 Å². The SMILES string of the molecule is [c]1[c]cc2oncc2c1. The van der Waals surface area contributed by atoms with Crippen molar-refractivity contribution < 1.29 is 4.52 Å². The number of hydrogen-bond donors (Lipinski definition) is 0. The maximum Gasteiger partial charge on any atom is 0.167 e. The third-order valence-electron chi connectivity index (χ3n) is 1.14. The molecule has 0 N–H and O–H groups in total. The lowest BCUT2D eigenvalue weighted by Crippen LogP contribution is -1.59. The van der Waals surface area contributed by atoms with Crippen LogP contribution in [0.25, 0.3) is 11.0 Å². The van der Waals surface area contributed by atoms with Crippen molar-refractivity contribution in [3.8, 4) is 0 Å². The van der Waals surface area contributed by atoms with Gasteiger partial charge >= 0.3 is 0 Å². The van der Waals surface area contributed by atoms with E-state index in [-0.39, 0.29) is 0 Å².